The van der Waals surface area contributed by atoms with Gasteiger partial charge in [0.15, 0.2) is 0 Å². The summed E-state index contributed by atoms with van der Waals surface area (Å²) in [5, 5.41) is 10.4. The Labute approximate surface area is 150 Å². The third-order valence-electron chi connectivity index (χ3n) is 5.40. The second kappa shape index (κ2) is 8.14. The monoisotopic (exact) mass is 368 g/mol. The lowest BCUT2D eigenvalue weighted by Crippen LogP contribution is -2.42. The fraction of sp³-hybridized carbons (Fsp3) is 0.667. The second-order valence-electron chi connectivity index (χ2n) is 7.09. The van der Waals surface area contributed by atoms with E-state index in [1.165, 1.54) is 4.31 Å². The zero-order valence-electron chi connectivity index (χ0n) is 14.8. The molecular formula is C18H28N2O4S. The molecule has 140 valence electrons. The smallest absolute Gasteiger partial charge is 0.243 e. The van der Waals surface area contributed by atoms with E-state index >= 15 is 0 Å². The molecule has 2 atom stereocenters. The van der Waals surface area contributed by atoms with Crippen molar-refractivity contribution in [2.24, 2.45) is 5.92 Å². The molecule has 25 heavy (non-hydrogen) atoms. The number of nitrogens with zero attached hydrogens (tertiary/aromatic N) is 2. The van der Waals surface area contributed by atoms with E-state index in [1.807, 2.05) is 7.05 Å². The first-order valence-electron chi connectivity index (χ1n) is 8.99. The summed E-state index contributed by atoms with van der Waals surface area (Å²) in [4.78, 5) is 2.40. The van der Waals surface area contributed by atoms with E-state index in [0.717, 1.165) is 39.0 Å². The van der Waals surface area contributed by atoms with Gasteiger partial charge in [-0.15, -0.1) is 0 Å². The van der Waals surface area contributed by atoms with Gasteiger partial charge < -0.3 is 9.84 Å². The molecule has 0 amide bonds. The van der Waals surface area contributed by atoms with Crippen LogP contribution in [0, 0.1) is 5.92 Å². The Kier molecular flexibility index (Phi) is 6.12. The highest BCUT2D eigenvalue weighted by Crippen LogP contribution is 2.25. The number of β-amino-alcohol motifs (C(OH)–C–C–N with tert-alkyl or cyclic N) is 1. The van der Waals surface area contributed by atoms with Crippen LogP contribution in [0.5, 0.6) is 0 Å². The largest absolute Gasteiger partial charge is 0.390 e. The summed E-state index contributed by atoms with van der Waals surface area (Å²) in [6.07, 6.45) is 2.60. The first-order chi connectivity index (χ1) is 12.0. The van der Waals surface area contributed by atoms with Crippen LogP contribution in [0.2, 0.25) is 0 Å². The standard InChI is InChI=1S/C18H28N2O4S/c1-19(10-7-15-8-11-24-12-9-15)17-13-20(14-18(17)21)25(22,23)16-5-3-2-4-6-16/h2-6,15,17-18,21H,7-14H2,1H3/t17-,18-/m1/s1. The summed E-state index contributed by atoms with van der Waals surface area (Å²) in [6, 6.07) is 8.28. The number of sulfonamides is 1. The zero-order valence-corrected chi connectivity index (χ0v) is 15.6. The van der Waals surface area contributed by atoms with Crippen LogP contribution in [0.4, 0.5) is 0 Å². The van der Waals surface area contributed by atoms with Crippen LogP contribution >= 0.6 is 0 Å². The molecule has 2 saturated heterocycles. The van der Waals surface area contributed by atoms with E-state index in [-0.39, 0.29) is 17.5 Å². The third kappa shape index (κ3) is 4.41. The minimum absolute atomic E-state index is 0.154. The number of rotatable bonds is 6. The SMILES string of the molecule is CN(CCC1CCOCC1)[C@@H]1CN(S(=O)(=O)c2ccccc2)C[C@H]1O. The van der Waals surface area contributed by atoms with E-state index in [1.54, 1.807) is 30.3 Å². The van der Waals surface area contributed by atoms with Crippen molar-refractivity contribution in [1.82, 2.24) is 9.21 Å². The van der Waals surface area contributed by atoms with Gasteiger partial charge in [0.05, 0.1) is 17.0 Å². The van der Waals surface area contributed by atoms with Crippen LogP contribution in [-0.4, -0.2) is 74.8 Å². The van der Waals surface area contributed by atoms with E-state index in [9.17, 15) is 13.5 Å². The summed E-state index contributed by atoms with van der Waals surface area (Å²) in [5.74, 6) is 0.666. The van der Waals surface area contributed by atoms with Crippen molar-refractivity contribution in [2.45, 2.75) is 36.3 Å². The molecule has 0 aromatic heterocycles. The van der Waals surface area contributed by atoms with Gasteiger partial charge in [-0.25, -0.2) is 8.42 Å². The van der Waals surface area contributed by atoms with Crippen molar-refractivity contribution in [1.29, 1.82) is 0 Å². The Bertz CT molecular complexity index is 646. The molecule has 3 rings (SSSR count). The van der Waals surface area contributed by atoms with Crippen LogP contribution < -0.4 is 0 Å². The molecule has 1 N–H and O–H groups in total. The third-order valence-corrected chi connectivity index (χ3v) is 7.25. The minimum atomic E-state index is -3.54. The van der Waals surface area contributed by atoms with Crippen LogP contribution in [0.1, 0.15) is 19.3 Å². The maximum absolute atomic E-state index is 12.7. The average molecular weight is 368 g/mol. The first kappa shape index (κ1) is 18.8. The van der Waals surface area contributed by atoms with Crippen molar-refractivity contribution < 1.29 is 18.3 Å². The molecule has 6 nitrogen and oxygen atoms in total. The normalized spacial score (nSPS) is 26.4. The molecular weight excluding hydrogens is 340 g/mol. The Morgan fingerprint density at radius 2 is 1.88 bits per heavy atom. The lowest BCUT2D eigenvalue weighted by molar-refractivity contribution is 0.0537. The Morgan fingerprint density at radius 3 is 2.56 bits per heavy atom. The van der Waals surface area contributed by atoms with Crippen molar-refractivity contribution in [3.05, 3.63) is 30.3 Å². The summed E-state index contributed by atoms with van der Waals surface area (Å²) >= 11 is 0. The number of hydrogen-bond acceptors (Lipinski definition) is 5. The number of aliphatic hydroxyl groups is 1. The van der Waals surface area contributed by atoms with Gasteiger partial charge in [-0.1, -0.05) is 18.2 Å². The molecule has 2 fully saturated rings. The molecule has 2 heterocycles. The molecule has 7 heteroatoms. The topological polar surface area (TPSA) is 70.1 Å². The number of benzene rings is 1. The highest BCUT2D eigenvalue weighted by molar-refractivity contribution is 7.89. The summed E-state index contributed by atoms with van der Waals surface area (Å²) < 4.78 is 32.3. The molecule has 2 aliphatic heterocycles. The molecule has 0 spiro atoms. The lowest BCUT2D eigenvalue weighted by atomic mass is 9.96. The lowest BCUT2D eigenvalue weighted by Gasteiger charge is -2.29. The molecule has 1 aromatic rings. The van der Waals surface area contributed by atoms with Gasteiger partial charge in [0, 0.05) is 26.3 Å². The van der Waals surface area contributed by atoms with E-state index in [4.69, 9.17) is 4.74 Å². The predicted molar refractivity (Wildman–Crippen MR) is 95.8 cm³/mol. The van der Waals surface area contributed by atoms with Crippen molar-refractivity contribution in [3.63, 3.8) is 0 Å². The van der Waals surface area contributed by atoms with Gasteiger partial charge in [-0.2, -0.15) is 4.31 Å². The highest BCUT2D eigenvalue weighted by Gasteiger charge is 2.40. The molecule has 1 aromatic carbocycles. The zero-order chi connectivity index (χ0) is 17.9. The van der Waals surface area contributed by atoms with Gasteiger partial charge in [0.25, 0.3) is 0 Å². The summed E-state index contributed by atoms with van der Waals surface area (Å²) in [5.41, 5.74) is 0. The average Bonchev–Trinajstić information content (AvgIpc) is 3.04. The van der Waals surface area contributed by atoms with Crippen molar-refractivity contribution in [3.8, 4) is 0 Å². The Morgan fingerprint density at radius 1 is 1.20 bits per heavy atom. The van der Waals surface area contributed by atoms with Crippen LogP contribution in [-0.2, 0) is 14.8 Å². The van der Waals surface area contributed by atoms with Gasteiger partial charge in [-0.3, -0.25) is 4.90 Å². The van der Waals surface area contributed by atoms with Gasteiger partial charge in [-0.05, 0) is 50.9 Å². The van der Waals surface area contributed by atoms with Gasteiger partial charge in [0.1, 0.15) is 0 Å². The second-order valence-corrected chi connectivity index (χ2v) is 9.03. The van der Waals surface area contributed by atoms with E-state index in [0.29, 0.717) is 12.5 Å². The quantitative estimate of drug-likeness (QED) is 0.816. The molecule has 0 aliphatic carbocycles. The van der Waals surface area contributed by atoms with Gasteiger partial charge in [0.2, 0.25) is 10.0 Å². The molecule has 0 saturated carbocycles. The maximum Gasteiger partial charge on any atom is 0.243 e. The Hall–Kier alpha value is -0.990. The molecule has 0 bridgehead atoms. The molecule has 2 aliphatic rings. The minimum Gasteiger partial charge on any atom is -0.390 e. The summed E-state index contributed by atoms with van der Waals surface area (Å²) in [7, 11) is -1.57. The maximum atomic E-state index is 12.7. The van der Waals surface area contributed by atoms with E-state index in [2.05, 4.69) is 4.90 Å². The number of ether oxygens (including phenoxy) is 1. The Balaban J connectivity index is 1.59. The van der Waals surface area contributed by atoms with Crippen molar-refractivity contribution >= 4 is 10.0 Å². The fourth-order valence-corrected chi connectivity index (χ4v) is 5.19. The fourth-order valence-electron chi connectivity index (χ4n) is 3.69. The van der Waals surface area contributed by atoms with Gasteiger partial charge >= 0.3 is 0 Å². The van der Waals surface area contributed by atoms with Crippen LogP contribution in [0.25, 0.3) is 0 Å². The number of likely N-dealkylation sites (N-methyl/N-ethyl adjacent to an activating group) is 1. The van der Waals surface area contributed by atoms with E-state index < -0.39 is 16.1 Å². The number of aliphatic hydroxyl groups excluding tert-OH is 1. The predicted octanol–water partition coefficient (Wildman–Crippen LogP) is 1.17. The van der Waals surface area contributed by atoms with Crippen LogP contribution in [0.3, 0.4) is 0 Å². The first-order valence-corrected chi connectivity index (χ1v) is 10.4. The van der Waals surface area contributed by atoms with Crippen LogP contribution in [0.15, 0.2) is 35.2 Å². The summed E-state index contributed by atoms with van der Waals surface area (Å²) in [6.45, 7) is 3.03. The molecule has 0 unspecified atom stereocenters. The van der Waals surface area contributed by atoms with Crippen molar-refractivity contribution in [2.75, 3.05) is 39.9 Å². The molecule has 0 radical (unpaired) electrons. The number of hydrogen-bond donors (Lipinski definition) is 1. The highest BCUT2D eigenvalue weighted by atomic mass is 32.2.